The molecule has 1 saturated carbocycles. The number of ether oxygens (including phenoxy) is 2. The molecule has 0 atom stereocenters. The van der Waals surface area contributed by atoms with Crippen LogP contribution in [0.15, 0.2) is 40.9 Å². The number of carbonyl (C=O) groups is 2. The molecule has 2 N–H and O–H groups in total. The smallest absolute Gasteiger partial charge is 0.320 e. The Bertz CT molecular complexity index is 1180. The summed E-state index contributed by atoms with van der Waals surface area (Å²) in [6, 6.07) is 7.24. The van der Waals surface area contributed by atoms with E-state index < -0.39 is 11.7 Å². The lowest BCUT2D eigenvalue weighted by molar-refractivity contribution is -0.142. The molecule has 0 bridgehead atoms. The summed E-state index contributed by atoms with van der Waals surface area (Å²) < 4.78 is 29.2. The van der Waals surface area contributed by atoms with Crippen molar-refractivity contribution in [3.05, 3.63) is 53.3 Å². The van der Waals surface area contributed by atoms with Crippen LogP contribution in [0.5, 0.6) is 5.88 Å². The highest BCUT2D eigenvalue weighted by Gasteiger charge is 2.25. The van der Waals surface area contributed by atoms with Gasteiger partial charge in [0.2, 0.25) is 5.88 Å². The van der Waals surface area contributed by atoms with Crippen LogP contribution >= 0.6 is 11.6 Å². The molecule has 0 saturated heterocycles. The first kappa shape index (κ1) is 24.4. The van der Waals surface area contributed by atoms with Crippen molar-refractivity contribution in [2.45, 2.75) is 38.2 Å². The summed E-state index contributed by atoms with van der Waals surface area (Å²) in [6.45, 7) is 0. The van der Waals surface area contributed by atoms with Crippen molar-refractivity contribution in [2.75, 3.05) is 17.7 Å². The highest BCUT2D eigenvalue weighted by molar-refractivity contribution is 6.31. The van der Waals surface area contributed by atoms with Gasteiger partial charge in [-0.05, 0) is 55.9 Å². The molecule has 1 fully saturated rings. The number of pyridine rings is 1. The summed E-state index contributed by atoms with van der Waals surface area (Å²) in [7, 11) is 1.40. The molecule has 184 valence electrons. The highest BCUT2D eigenvalue weighted by atomic mass is 35.5. The first-order valence-electron chi connectivity index (χ1n) is 11.0. The number of nitrogens with zero attached hydrogens (tertiary/aromatic N) is 3. The third kappa shape index (κ3) is 6.66. The second-order valence-electron chi connectivity index (χ2n) is 8.05. The normalized spacial score (nSPS) is 17.5. The SMILES string of the molecule is COC(=O)CC1CCC(Oc2ccc(NC(=O)c3nnc(Nc4ccc(F)c(Cl)c4)o3)cn2)CC1. The second-order valence-corrected chi connectivity index (χ2v) is 8.45. The number of hydrogen-bond acceptors (Lipinski definition) is 9. The van der Waals surface area contributed by atoms with Crippen LogP contribution in [-0.4, -0.2) is 40.3 Å². The van der Waals surface area contributed by atoms with Crippen molar-refractivity contribution >= 4 is 40.9 Å². The first-order chi connectivity index (χ1) is 16.9. The molecular formula is C23H23ClFN5O5. The van der Waals surface area contributed by atoms with Crippen LogP contribution < -0.4 is 15.4 Å². The van der Waals surface area contributed by atoms with E-state index in [1.54, 1.807) is 12.1 Å². The van der Waals surface area contributed by atoms with E-state index >= 15 is 0 Å². The quantitative estimate of drug-likeness (QED) is 0.418. The Kier molecular flexibility index (Phi) is 7.76. The minimum absolute atomic E-state index is 0.0251. The topological polar surface area (TPSA) is 128 Å². The van der Waals surface area contributed by atoms with E-state index in [4.69, 9.17) is 25.5 Å². The molecule has 12 heteroatoms. The van der Waals surface area contributed by atoms with Crippen molar-refractivity contribution in [3.8, 4) is 5.88 Å². The van der Waals surface area contributed by atoms with Gasteiger partial charge in [-0.2, -0.15) is 0 Å². The molecule has 0 radical (unpaired) electrons. The van der Waals surface area contributed by atoms with Gasteiger partial charge in [0.15, 0.2) is 0 Å². The van der Waals surface area contributed by atoms with Crippen LogP contribution in [-0.2, 0) is 9.53 Å². The molecule has 0 spiro atoms. The average molecular weight is 504 g/mol. The van der Waals surface area contributed by atoms with Crippen LogP contribution in [0.3, 0.4) is 0 Å². The Morgan fingerprint density at radius 2 is 1.91 bits per heavy atom. The van der Waals surface area contributed by atoms with E-state index in [2.05, 4.69) is 25.8 Å². The molecule has 2 aromatic heterocycles. The molecule has 2 heterocycles. The van der Waals surface area contributed by atoms with Crippen molar-refractivity contribution < 1.29 is 27.9 Å². The van der Waals surface area contributed by atoms with E-state index in [9.17, 15) is 14.0 Å². The van der Waals surface area contributed by atoms with E-state index in [0.29, 0.717) is 29.6 Å². The number of benzene rings is 1. The summed E-state index contributed by atoms with van der Waals surface area (Å²) in [4.78, 5) is 28.1. The van der Waals surface area contributed by atoms with Gasteiger partial charge in [0, 0.05) is 18.2 Å². The number of hydrogen-bond donors (Lipinski definition) is 2. The number of rotatable bonds is 8. The molecule has 1 amide bonds. The zero-order valence-corrected chi connectivity index (χ0v) is 19.5. The van der Waals surface area contributed by atoms with Crippen molar-refractivity contribution in [1.29, 1.82) is 0 Å². The van der Waals surface area contributed by atoms with Gasteiger partial charge in [-0.15, -0.1) is 5.10 Å². The molecule has 10 nitrogen and oxygen atoms in total. The lowest BCUT2D eigenvalue weighted by Crippen LogP contribution is -2.25. The fourth-order valence-electron chi connectivity index (χ4n) is 3.72. The van der Waals surface area contributed by atoms with Gasteiger partial charge >= 0.3 is 23.8 Å². The van der Waals surface area contributed by atoms with Crippen LogP contribution in [0, 0.1) is 11.7 Å². The maximum absolute atomic E-state index is 13.3. The largest absolute Gasteiger partial charge is 0.474 e. The molecular weight excluding hydrogens is 481 g/mol. The Morgan fingerprint density at radius 3 is 2.60 bits per heavy atom. The fourth-order valence-corrected chi connectivity index (χ4v) is 3.90. The molecule has 4 rings (SSSR count). The number of aromatic nitrogens is 3. The lowest BCUT2D eigenvalue weighted by atomic mass is 9.85. The number of methoxy groups -OCH3 is 1. The molecule has 1 aromatic carbocycles. The van der Waals surface area contributed by atoms with Gasteiger partial charge in [-0.1, -0.05) is 16.7 Å². The van der Waals surface area contributed by atoms with Gasteiger partial charge in [0.1, 0.15) is 11.9 Å². The number of esters is 1. The minimum atomic E-state index is -0.623. The molecule has 0 aliphatic heterocycles. The van der Waals surface area contributed by atoms with Gasteiger partial charge in [-0.3, -0.25) is 9.59 Å². The van der Waals surface area contributed by atoms with Crippen molar-refractivity contribution in [3.63, 3.8) is 0 Å². The summed E-state index contributed by atoms with van der Waals surface area (Å²) >= 11 is 5.74. The summed E-state index contributed by atoms with van der Waals surface area (Å²) in [5, 5.41) is 12.7. The summed E-state index contributed by atoms with van der Waals surface area (Å²) in [5.41, 5.74) is 0.839. The van der Waals surface area contributed by atoms with E-state index in [1.807, 2.05) is 0 Å². The minimum Gasteiger partial charge on any atom is -0.474 e. The molecule has 1 aliphatic rings. The molecule has 0 unspecified atom stereocenters. The third-order valence-corrected chi connectivity index (χ3v) is 5.84. The van der Waals surface area contributed by atoms with Gasteiger partial charge in [0.05, 0.1) is 24.0 Å². The molecule has 1 aliphatic carbocycles. The summed E-state index contributed by atoms with van der Waals surface area (Å²) in [6.07, 6.45) is 5.38. The predicted octanol–water partition coefficient (Wildman–Crippen LogP) is 4.75. The lowest BCUT2D eigenvalue weighted by Gasteiger charge is -2.28. The standard InChI is InChI=1S/C23H23ClFN5O5/c1-33-20(31)10-13-2-6-16(7-3-13)34-19-9-5-15(12-26-19)27-21(32)22-29-30-23(35-22)28-14-4-8-18(25)17(24)11-14/h4-5,8-9,11-13,16H,2-3,6-7,10H2,1H3,(H,27,32)(H,28,30). The van der Waals surface area contributed by atoms with Crippen LogP contribution in [0.1, 0.15) is 42.8 Å². The van der Waals surface area contributed by atoms with Crippen molar-refractivity contribution in [2.24, 2.45) is 5.92 Å². The van der Waals surface area contributed by atoms with E-state index in [1.165, 1.54) is 31.5 Å². The zero-order chi connectivity index (χ0) is 24.8. The van der Waals surface area contributed by atoms with E-state index in [-0.39, 0.29) is 29.0 Å². The first-order valence-corrected chi connectivity index (χ1v) is 11.3. The average Bonchev–Trinajstić information content (AvgIpc) is 3.32. The number of anilines is 3. The van der Waals surface area contributed by atoms with Crippen LogP contribution in [0.4, 0.5) is 21.8 Å². The third-order valence-electron chi connectivity index (χ3n) is 5.55. The van der Waals surface area contributed by atoms with Crippen LogP contribution in [0.25, 0.3) is 0 Å². The highest BCUT2D eigenvalue weighted by Crippen LogP contribution is 2.29. The fraction of sp³-hybridized carbons (Fsp3) is 0.348. The second kappa shape index (κ2) is 11.1. The monoisotopic (exact) mass is 503 g/mol. The van der Waals surface area contributed by atoms with Crippen molar-refractivity contribution in [1.82, 2.24) is 15.2 Å². The summed E-state index contributed by atoms with van der Waals surface area (Å²) in [5.74, 6) is -0.870. The Hall–Kier alpha value is -3.73. The number of nitrogens with one attached hydrogen (secondary N) is 2. The predicted molar refractivity (Wildman–Crippen MR) is 124 cm³/mol. The van der Waals surface area contributed by atoms with Crippen LogP contribution in [0.2, 0.25) is 5.02 Å². The van der Waals surface area contributed by atoms with Gasteiger partial charge < -0.3 is 24.5 Å². The molecule has 3 aromatic rings. The van der Waals surface area contributed by atoms with Gasteiger partial charge in [-0.25, -0.2) is 9.37 Å². The maximum atomic E-state index is 13.3. The van der Waals surface area contributed by atoms with E-state index in [0.717, 1.165) is 25.7 Å². The Morgan fingerprint density at radius 1 is 1.14 bits per heavy atom. The Labute approximate surface area is 205 Å². The maximum Gasteiger partial charge on any atom is 0.320 e. The number of halogens is 2. The molecule has 35 heavy (non-hydrogen) atoms. The Balaban J connectivity index is 1.26. The number of carbonyl (C=O) groups excluding carboxylic acids is 2. The number of amides is 1. The van der Waals surface area contributed by atoms with Gasteiger partial charge in [0.25, 0.3) is 0 Å². The zero-order valence-electron chi connectivity index (χ0n) is 18.8.